The van der Waals surface area contributed by atoms with Crippen LogP contribution in [0.3, 0.4) is 0 Å². The van der Waals surface area contributed by atoms with E-state index in [0.717, 1.165) is 43.1 Å². The van der Waals surface area contributed by atoms with Gasteiger partial charge in [-0.3, -0.25) is 4.79 Å². The number of imidazole rings is 1. The van der Waals surface area contributed by atoms with Crippen molar-refractivity contribution in [3.8, 4) is 5.88 Å². The monoisotopic (exact) mass is 436 g/mol. The van der Waals surface area contributed by atoms with E-state index in [-0.39, 0.29) is 17.4 Å². The fourth-order valence-electron chi connectivity index (χ4n) is 4.66. The van der Waals surface area contributed by atoms with Crippen molar-refractivity contribution < 1.29 is 9.53 Å². The molecule has 10 nitrogen and oxygen atoms in total. The first-order valence-corrected chi connectivity index (χ1v) is 11.1. The van der Waals surface area contributed by atoms with Gasteiger partial charge in [-0.2, -0.15) is 4.98 Å². The first-order chi connectivity index (χ1) is 15.5. The van der Waals surface area contributed by atoms with Gasteiger partial charge >= 0.3 is 0 Å². The zero-order valence-corrected chi connectivity index (χ0v) is 18.6. The molecule has 168 valence electrons. The molecule has 0 aromatic carbocycles. The number of piperidine rings is 1. The first-order valence-electron chi connectivity index (χ1n) is 11.1. The Balaban J connectivity index is 1.38. The van der Waals surface area contributed by atoms with E-state index in [1.165, 1.54) is 6.42 Å². The molecule has 0 unspecified atom stereocenters. The van der Waals surface area contributed by atoms with Gasteiger partial charge in [0.15, 0.2) is 5.65 Å². The second-order valence-corrected chi connectivity index (χ2v) is 8.44. The molecule has 2 N–H and O–H groups in total. The maximum atomic E-state index is 13.0. The van der Waals surface area contributed by atoms with Gasteiger partial charge < -0.3 is 24.7 Å². The average Bonchev–Trinajstić information content (AvgIpc) is 3.39. The van der Waals surface area contributed by atoms with Crippen molar-refractivity contribution >= 4 is 23.3 Å². The number of anilines is 2. The summed E-state index contributed by atoms with van der Waals surface area (Å²) in [4.78, 5) is 33.3. The van der Waals surface area contributed by atoms with Crippen molar-refractivity contribution in [1.29, 1.82) is 0 Å². The van der Waals surface area contributed by atoms with Gasteiger partial charge in [0, 0.05) is 31.5 Å². The lowest BCUT2D eigenvalue weighted by Gasteiger charge is -2.34. The predicted molar refractivity (Wildman–Crippen MR) is 120 cm³/mol. The lowest BCUT2D eigenvalue weighted by Crippen LogP contribution is -2.45. The van der Waals surface area contributed by atoms with Crippen LogP contribution in [0.5, 0.6) is 5.88 Å². The van der Waals surface area contributed by atoms with Crippen LogP contribution in [0.4, 0.5) is 11.8 Å². The lowest BCUT2D eigenvalue weighted by atomic mass is 9.94. The summed E-state index contributed by atoms with van der Waals surface area (Å²) in [7, 11) is 0. The zero-order valence-electron chi connectivity index (χ0n) is 18.6. The van der Waals surface area contributed by atoms with E-state index < -0.39 is 0 Å². The molecule has 2 aliphatic heterocycles. The molecule has 2 aliphatic rings. The standard InChI is InChI=1S/C22H28N8O2/c1-4-32-21-16(9-24-22(28-21)29-8-6-17-15(11-29)5-7-23-17)20(31)27-18-12-30-10-13(2)25-19(30)14(3)26-18/h9-10,12,15,17,23H,4-8,11H2,1-3H3,(H,27,31)/t15-,17+/m1/s1. The second-order valence-electron chi connectivity index (χ2n) is 8.44. The van der Waals surface area contributed by atoms with Gasteiger partial charge in [0.05, 0.1) is 24.2 Å². The van der Waals surface area contributed by atoms with Gasteiger partial charge in [-0.15, -0.1) is 0 Å². The number of hydrogen-bond acceptors (Lipinski definition) is 8. The maximum Gasteiger partial charge on any atom is 0.263 e. The van der Waals surface area contributed by atoms with Gasteiger partial charge in [-0.05, 0) is 46.1 Å². The van der Waals surface area contributed by atoms with Crippen LogP contribution in [0.25, 0.3) is 5.65 Å². The summed E-state index contributed by atoms with van der Waals surface area (Å²) in [5.41, 5.74) is 2.68. The summed E-state index contributed by atoms with van der Waals surface area (Å²) in [5, 5.41) is 6.42. The van der Waals surface area contributed by atoms with Gasteiger partial charge in [0.25, 0.3) is 5.91 Å². The zero-order chi connectivity index (χ0) is 22.2. The van der Waals surface area contributed by atoms with E-state index in [1.807, 2.05) is 31.4 Å². The molecule has 0 spiro atoms. The number of carbonyl (C=O) groups is 1. The number of nitrogens with zero attached hydrogens (tertiary/aromatic N) is 6. The molecule has 3 aromatic heterocycles. The molecule has 2 atom stereocenters. The van der Waals surface area contributed by atoms with E-state index in [2.05, 4.69) is 35.5 Å². The second kappa shape index (κ2) is 8.34. The highest BCUT2D eigenvalue weighted by Crippen LogP contribution is 2.28. The summed E-state index contributed by atoms with van der Waals surface area (Å²) in [6.07, 6.45) is 7.44. The topological polar surface area (TPSA) is 110 Å². The number of amides is 1. The number of aromatic nitrogens is 5. The Bertz CT molecular complexity index is 1160. The highest BCUT2D eigenvalue weighted by Gasteiger charge is 2.33. The van der Waals surface area contributed by atoms with Crippen molar-refractivity contribution in [2.75, 3.05) is 36.5 Å². The Morgan fingerprint density at radius 2 is 2.12 bits per heavy atom. The molecule has 10 heteroatoms. The molecule has 0 bridgehead atoms. The van der Waals surface area contributed by atoms with Crippen LogP contribution in [-0.2, 0) is 0 Å². The molecule has 5 heterocycles. The van der Waals surface area contributed by atoms with Gasteiger partial charge in [0.2, 0.25) is 11.8 Å². The Labute approximate surface area is 186 Å². The number of hydrogen-bond donors (Lipinski definition) is 2. The van der Waals surface area contributed by atoms with Crippen molar-refractivity contribution in [1.82, 2.24) is 29.7 Å². The third-order valence-corrected chi connectivity index (χ3v) is 6.17. The van der Waals surface area contributed by atoms with Crippen LogP contribution in [0, 0.1) is 19.8 Å². The van der Waals surface area contributed by atoms with E-state index in [1.54, 1.807) is 12.4 Å². The van der Waals surface area contributed by atoms with Crippen molar-refractivity contribution in [3.05, 3.63) is 35.5 Å². The van der Waals surface area contributed by atoms with Gasteiger partial charge in [-0.25, -0.2) is 15.0 Å². The van der Waals surface area contributed by atoms with Gasteiger partial charge in [0.1, 0.15) is 11.4 Å². The summed E-state index contributed by atoms with van der Waals surface area (Å²) >= 11 is 0. The quantitative estimate of drug-likeness (QED) is 0.625. The minimum Gasteiger partial charge on any atom is -0.477 e. The molecule has 2 fully saturated rings. The van der Waals surface area contributed by atoms with Crippen LogP contribution >= 0.6 is 0 Å². The van der Waals surface area contributed by atoms with E-state index in [9.17, 15) is 4.79 Å². The normalized spacial score (nSPS) is 20.4. The number of carbonyl (C=O) groups excluding carboxylic acids is 1. The Hall–Kier alpha value is -3.27. The Morgan fingerprint density at radius 1 is 1.25 bits per heavy atom. The summed E-state index contributed by atoms with van der Waals surface area (Å²) < 4.78 is 7.58. The molecule has 0 aliphatic carbocycles. The predicted octanol–water partition coefficient (Wildman–Crippen LogP) is 1.98. The van der Waals surface area contributed by atoms with Crippen LogP contribution in [0.2, 0.25) is 0 Å². The van der Waals surface area contributed by atoms with Crippen molar-refractivity contribution in [3.63, 3.8) is 0 Å². The summed E-state index contributed by atoms with van der Waals surface area (Å²) in [6, 6.07) is 0.593. The lowest BCUT2D eigenvalue weighted by molar-refractivity contribution is 0.102. The summed E-state index contributed by atoms with van der Waals surface area (Å²) in [6.45, 7) is 8.95. The fourth-order valence-corrected chi connectivity index (χ4v) is 4.66. The molecular formula is C22H28N8O2. The van der Waals surface area contributed by atoms with E-state index in [0.29, 0.717) is 30.3 Å². The van der Waals surface area contributed by atoms with Crippen LogP contribution in [0.15, 0.2) is 18.6 Å². The minimum absolute atomic E-state index is 0.286. The number of fused-ring (bicyclic) bond motifs is 2. The third-order valence-electron chi connectivity index (χ3n) is 6.17. The Morgan fingerprint density at radius 3 is 2.97 bits per heavy atom. The molecule has 1 amide bonds. The van der Waals surface area contributed by atoms with Crippen LogP contribution in [0.1, 0.15) is 41.5 Å². The van der Waals surface area contributed by atoms with E-state index >= 15 is 0 Å². The number of nitrogens with one attached hydrogen (secondary N) is 2. The van der Waals surface area contributed by atoms with E-state index in [4.69, 9.17) is 4.74 Å². The molecule has 5 rings (SSSR count). The Kier molecular flexibility index (Phi) is 5.38. The molecule has 0 radical (unpaired) electrons. The number of aryl methyl sites for hydroxylation is 2. The molecular weight excluding hydrogens is 408 g/mol. The SMILES string of the molecule is CCOc1nc(N2CC[C@@H]3NCC[C@@H]3C2)ncc1C(=O)Nc1cn2cc(C)nc2c(C)n1. The van der Waals surface area contributed by atoms with Crippen LogP contribution in [-0.4, -0.2) is 62.5 Å². The first kappa shape index (κ1) is 20.6. The van der Waals surface area contributed by atoms with Crippen LogP contribution < -0.4 is 20.3 Å². The highest BCUT2D eigenvalue weighted by molar-refractivity contribution is 6.05. The smallest absolute Gasteiger partial charge is 0.263 e. The van der Waals surface area contributed by atoms with Crippen molar-refractivity contribution in [2.24, 2.45) is 5.92 Å². The maximum absolute atomic E-state index is 13.0. The van der Waals surface area contributed by atoms with Crippen molar-refractivity contribution in [2.45, 2.75) is 39.7 Å². The fraction of sp³-hybridized carbons (Fsp3) is 0.500. The number of rotatable bonds is 5. The molecule has 32 heavy (non-hydrogen) atoms. The summed E-state index contributed by atoms with van der Waals surface area (Å²) in [5.74, 6) is 1.58. The average molecular weight is 437 g/mol. The third kappa shape index (κ3) is 3.86. The molecule has 0 saturated carbocycles. The van der Waals surface area contributed by atoms with Gasteiger partial charge in [-0.1, -0.05) is 0 Å². The largest absolute Gasteiger partial charge is 0.477 e. The number of ether oxygens (including phenoxy) is 1. The minimum atomic E-state index is -0.359. The molecule has 2 saturated heterocycles. The highest BCUT2D eigenvalue weighted by atomic mass is 16.5. The molecule has 3 aromatic rings.